The van der Waals surface area contributed by atoms with Gasteiger partial charge in [0, 0.05) is 18.8 Å². The van der Waals surface area contributed by atoms with Gasteiger partial charge in [-0.3, -0.25) is 15.5 Å². The van der Waals surface area contributed by atoms with Gasteiger partial charge in [0.1, 0.15) is 0 Å². The maximum atomic E-state index is 11.7. The first kappa shape index (κ1) is 13.0. The molecule has 1 aliphatic heterocycles. The Hall–Kier alpha value is -1.49. The van der Waals surface area contributed by atoms with Crippen molar-refractivity contribution in [1.82, 2.24) is 10.2 Å². The van der Waals surface area contributed by atoms with Gasteiger partial charge in [-0.15, -0.1) is 0 Å². The Morgan fingerprint density at radius 1 is 1.28 bits per heavy atom. The highest BCUT2D eigenvalue weighted by Gasteiger charge is 2.16. The lowest BCUT2D eigenvalue weighted by Gasteiger charge is -2.18. The molecule has 0 bridgehead atoms. The minimum absolute atomic E-state index is 0.157. The van der Waals surface area contributed by atoms with Gasteiger partial charge in [-0.05, 0) is 18.4 Å². The Morgan fingerprint density at radius 3 is 2.61 bits per heavy atom. The summed E-state index contributed by atoms with van der Waals surface area (Å²) in [6, 6.07) is 9.86. The normalized spacial score (nSPS) is 14.6. The Balaban J connectivity index is 1.73. The van der Waals surface area contributed by atoms with Crippen LogP contribution in [0.3, 0.4) is 0 Å². The number of thioether (sulfide) groups is 1. The lowest BCUT2D eigenvalue weighted by Crippen LogP contribution is -2.40. The maximum Gasteiger partial charge on any atom is 0.286 e. The molecule has 0 unspecified atom stereocenters. The second kappa shape index (κ2) is 6.44. The Labute approximate surface area is 111 Å². The van der Waals surface area contributed by atoms with Crippen LogP contribution in [0, 0.1) is 5.41 Å². The highest BCUT2D eigenvalue weighted by Crippen LogP contribution is 2.13. The lowest BCUT2D eigenvalue weighted by atomic mass is 10.2. The number of carbonyl (C=O) groups is 1. The van der Waals surface area contributed by atoms with Crippen molar-refractivity contribution in [1.29, 1.82) is 5.41 Å². The van der Waals surface area contributed by atoms with E-state index in [-0.39, 0.29) is 11.2 Å². The summed E-state index contributed by atoms with van der Waals surface area (Å²) in [5.74, 6) is 0.873. The third-order valence-electron chi connectivity index (χ3n) is 2.86. The number of guanidine groups is 1. The van der Waals surface area contributed by atoms with E-state index in [2.05, 4.69) is 5.32 Å². The first-order valence-corrected chi connectivity index (χ1v) is 7.05. The Morgan fingerprint density at radius 2 is 1.94 bits per heavy atom. The molecule has 1 aliphatic rings. The van der Waals surface area contributed by atoms with Gasteiger partial charge in [0.05, 0.1) is 0 Å². The number of likely N-dealkylation sites (tertiary alicyclic amines) is 1. The second-order valence-corrected chi connectivity index (χ2v) is 5.18. The first-order chi connectivity index (χ1) is 8.75. The second-order valence-electron chi connectivity index (χ2n) is 4.23. The number of nitrogens with one attached hydrogen (secondary N) is 2. The molecule has 1 aromatic rings. The lowest BCUT2D eigenvalue weighted by molar-refractivity contribution is 0.263. The summed E-state index contributed by atoms with van der Waals surface area (Å²) in [4.78, 5) is 13.6. The van der Waals surface area contributed by atoms with Crippen LogP contribution in [-0.4, -0.2) is 29.2 Å². The van der Waals surface area contributed by atoms with Crippen LogP contribution in [0.4, 0.5) is 4.79 Å². The van der Waals surface area contributed by atoms with Crippen LogP contribution in [-0.2, 0) is 5.75 Å². The molecular weight excluding hydrogens is 246 g/mol. The molecule has 0 radical (unpaired) electrons. The SMILES string of the molecule is N=C(NC(=O)SCc1ccccc1)N1CCCC1. The average Bonchev–Trinajstić information content (AvgIpc) is 2.91. The van der Waals surface area contributed by atoms with E-state index in [0.29, 0.717) is 5.75 Å². The van der Waals surface area contributed by atoms with Crippen LogP contribution in [0.25, 0.3) is 0 Å². The zero-order chi connectivity index (χ0) is 12.8. The smallest absolute Gasteiger partial charge is 0.286 e. The summed E-state index contributed by atoms with van der Waals surface area (Å²) in [6.45, 7) is 1.75. The highest BCUT2D eigenvalue weighted by atomic mass is 32.2. The summed E-state index contributed by atoms with van der Waals surface area (Å²) in [5.41, 5.74) is 1.12. The molecule has 96 valence electrons. The topological polar surface area (TPSA) is 56.2 Å². The third-order valence-corrected chi connectivity index (χ3v) is 3.70. The van der Waals surface area contributed by atoms with Crippen molar-refractivity contribution in [3.63, 3.8) is 0 Å². The van der Waals surface area contributed by atoms with Crippen LogP contribution in [0.2, 0.25) is 0 Å². The van der Waals surface area contributed by atoms with E-state index in [1.54, 1.807) is 0 Å². The maximum absolute atomic E-state index is 11.7. The predicted molar refractivity (Wildman–Crippen MR) is 74.8 cm³/mol. The predicted octanol–water partition coefficient (Wildman–Crippen LogP) is 2.66. The molecule has 1 aromatic carbocycles. The van der Waals surface area contributed by atoms with Gasteiger partial charge in [-0.1, -0.05) is 42.1 Å². The Bertz CT molecular complexity index is 416. The van der Waals surface area contributed by atoms with Crippen molar-refractivity contribution < 1.29 is 4.79 Å². The van der Waals surface area contributed by atoms with Gasteiger partial charge >= 0.3 is 0 Å². The van der Waals surface area contributed by atoms with E-state index < -0.39 is 0 Å². The van der Waals surface area contributed by atoms with Crippen molar-refractivity contribution in [2.45, 2.75) is 18.6 Å². The molecule has 1 fully saturated rings. The van der Waals surface area contributed by atoms with E-state index in [4.69, 9.17) is 5.41 Å². The number of nitrogens with zero attached hydrogens (tertiary/aromatic N) is 1. The van der Waals surface area contributed by atoms with Crippen LogP contribution >= 0.6 is 11.8 Å². The summed E-state index contributed by atoms with van der Waals surface area (Å²) < 4.78 is 0. The van der Waals surface area contributed by atoms with Crippen molar-refractivity contribution >= 4 is 23.0 Å². The fourth-order valence-electron chi connectivity index (χ4n) is 1.88. The van der Waals surface area contributed by atoms with Gasteiger partial charge in [0.25, 0.3) is 5.24 Å². The summed E-state index contributed by atoms with van der Waals surface area (Å²) >= 11 is 1.20. The van der Waals surface area contributed by atoms with Gasteiger partial charge in [-0.25, -0.2) is 0 Å². The Kier molecular flexibility index (Phi) is 4.64. The number of hydrogen-bond donors (Lipinski definition) is 2. The number of benzene rings is 1. The van der Waals surface area contributed by atoms with E-state index in [1.807, 2.05) is 35.2 Å². The molecule has 4 nitrogen and oxygen atoms in total. The zero-order valence-electron chi connectivity index (χ0n) is 10.2. The molecule has 1 amide bonds. The average molecular weight is 263 g/mol. The van der Waals surface area contributed by atoms with Crippen LogP contribution in [0.15, 0.2) is 30.3 Å². The first-order valence-electron chi connectivity index (χ1n) is 6.07. The molecule has 1 saturated heterocycles. The molecule has 0 saturated carbocycles. The molecule has 0 aromatic heterocycles. The molecule has 0 spiro atoms. The summed E-state index contributed by atoms with van der Waals surface area (Å²) in [6.07, 6.45) is 2.21. The van der Waals surface area contributed by atoms with E-state index in [1.165, 1.54) is 11.8 Å². The molecule has 18 heavy (non-hydrogen) atoms. The van der Waals surface area contributed by atoms with Crippen LogP contribution < -0.4 is 5.32 Å². The van der Waals surface area contributed by atoms with E-state index in [0.717, 1.165) is 31.5 Å². The number of rotatable bonds is 2. The van der Waals surface area contributed by atoms with Crippen LogP contribution in [0.1, 0.15) is 18.4 Å². The zero-order valence-corrected chi connectivity index (χ0v) is 11.0. The quantitative estimate of drug-likeness (QED) is 0.637. The third kappa shape index (κ3) is 3.77. The summed E-state index contributed by atoms with van der Waals surface area (Å²) in [7, 11) is 0. The largest absolute Gasteiger partial charge is 0.343 e. The molecule has 5 heteroatoms. The monoisotopic (exact) mass is 263 g/mol. The number of hydrogen-bond acceptors (Lipinski definition) is 3. The molecule has 0 atom stereocenters. The van der Waals surface area contributed by atoms with Crippen molar-refractivity contribution in [2.24, 2.45) is 0 Å². The molecule has 0 aliphatic carbocycles. The fraction of sp³-hybridized carbons (Fsp3) is 0.385. The van der Waals surface area contributed by atoms with Crippen molar-refractivity contribution in [2.75, 3.05) is 13.1 Å². The van der Waals surface area contributed by atoms with Gasteiger partial charge in [0.2, 0.25) is 0 Å². The summed E-state index contributed by atoms with van der Waals surface area (Å²) in [5, 5.41) is 10.2. The molecule has 2 rings (SSSR count). The van der Waals surface area contributed by atoms with Crippen molar-refractivity contribution in [3.8, 4) is 0 Å². The van der Waals surface area contributed by atoms with Crippen LogP contribution in [0.5, 0.6) is 0 Å². The minimum atomic E-state index is -0.157. The molecular formula is C13H17N3OS. The van der Waals surface area contributed by atoms with Gasteiger partial charge in [-0.2, -0.15) is 0 Å². The van der Waals surface area contributed by atoms with E-state index >= 15 is 0 Å². The molecule has 2 N–H and O–H groups in total. The highest BCUT2D eigenvalue weighted by molar-refractivity contribution is 8.12. The van der Waals surface area contributed by atoms with Gasteiger partial charge in [0.15, 0.2) is 5.96 Å². The fourth-order valence-corrected chi connectivity index (χ4v) is 2.53. The van der Waals surface area contributed by atoms with Gasteiger partial charge < -0.3 is 4.90 Å². The van der Waals surface area contributed by atoms with E-state index in [9.17, 15) is 4.79 Å². The standard InChI is InChI=1S/C13H17N3OS/c14-12(16-8-4-5-9-16)15-13(17)18-10-11-6-2-1-3-7-11/h1-3,6-7H,4-5,8-10H2,(H2,14,15,17). The molecule has 1 heterocycles. The minimum Gasteiger partial charge on any atom is -0.343 e. The number of carbonyl (C=O) groups excluding carboxylic acids is 1. The number of amides is 1. The van der Waals surface area contributed by atoms with Crippen molar-refractivity contribution in [3.05, 3.63) is 35.9 Å².